The normalized spacial score (nSPS) is 14.0. The van der Waals surface area contributed by atoms with Gasteiger partial charge in [-0.25, -0.2) is 10.5 Å². The summed E-state index contributed by atoms with van der Waals surface area (Å²) >= 11 is 0. The lowest BCUT2D eigenvalue weighted by Crippen LogP contribution is -2.36. The monoisotopic (exact) mass is 491 g/mol. The van der Waals surface area contributed by atoms with Crippen molar-refractivity contribution in [2.24, 2.45) is 11.6 Å². The van der Waals surface area contributed by atoms with Gasteiger partial charge in [0.15, 0.2) is 0 Å². The minimum atomic E-state index is -0.549. The molecule has 0 fully saturated rings. The van der Waals surface area contributed by atoms with Crippen molar-refractivity contribution in [3.8, 4) is 0 Å². The van der Waals surface area contributed by atoms with Crippen molar-refractivity contribution >= 4 is 29.1 Å². The highest BCUT2D eigenvalue weighted by atomic mass is 16.6. The Hall–Kier alpha value is -4.42. The Morgan fingerprint density at radius 3 is 2.72 bits per heavy atom. The van der Waals surface area contributed by atoms with Crippen LogP contribution in [0.3, 0.4) is 0 Å². The molecule has 0 saturated heterocycles. The van der Waals surface area contributed by atoms with Crippen LogP contribution in [0.25, 0.3) is 0 Å². The first-order chi connectivity index (χ1) is 17.2. The summed E-state index contributed by atoms with van der Waals surface area (Å²) in [6.45, 7) is 3.57. The first-order valence-corrected chi connectivity index (χ1v) is 11.3. The van der Waals surface area contributed by atoms with E-state index in [-0.39, 0.29) is 35.5 Å². The molecule has 1 aliphatic rings. The van der Waals surface area contributed by atoms with Gasteiger partial charge in [-0.05, 0) is 71.7 Å². The summed E-state index contributed by atoms with van der Waals surface area (Å²) in [6.07, 6.45) is 1.00. The highest BCUT2D eigenvalue weighted by Crippen LogP contribution is 2.23. The Labute approximate surface area is 208 Å². The highest BCUT2D eigenvalue weighted by molar-refractivity contribution is 6.04. The zero-order valence-corrected chi connectivity index (χ0v) is 20.1. The number of hydrogen-bond donors (Lipinski definition) is 5. The van der Waals surface area contributed by atoms with Gasteiger partial charge < -0.3 is 27.0 Å². The van der Waals surface area contributed by atoms with Crippen LogP contribution in [-0.2, 0) is 24.3 Å². The largest absolute Gasteiger partial charge is 0.393 e. The molecule has 0 atom stereocenters. The third-order valence-electron chi connectivity index (χ3n) is 6.03. The van der Waals surface area contributed by atoms with E-state index < -0.39 is 5.91 Å². The van der Waals surface area contributed by atoms with Crippen LogP contribution in [0.1, 0.15) is 34.0 Å². The molecule has 2 aromatic carbocycles. The number of carbonyl (C=O) groups is 2. The van der Waals surface area contributed by atoms with Gasteiger partial charge in [-0.2, -0.15) is 0 Å². The van der Waals surface area contributed by atoms with E-state index >= 15 is 0 Å². The molecule has 1 aliphatic heterocycles. The van der Waals surface area contributed by atoms with Gasteiger partial charge in [0.2, 0.25) is 11.6 Å². The number of aromatic nitrogens is 2. The van der Waals surface area contributed by atoms with Crippen LogP contribution in [0.2, 0.25) is 0 Å². The van der Waals surface area contributed by atoms with E-state index in [2.05, 4.69) is 43.6 Å². The van der Waals surface area contributed by atoms with Crippen LogP contribution in [0.15, 0.2) is 58.5 Å². The summed E-state index contributed by atoms with van der Waals surface area (Å²) in [6, 6.07) is 13.0. The first kappa shape index (κ1) is 24.7. The molecule has 0 aliphatic carbocycles. The lowest BCUT2D eigenvalue weighted by molar-refractivity contribution is -0.117. The summed E-state index contributed by atoms with van der Waals surface area (Å²) in [5.41, 5.74) is 16.1. The number of nitrogens with two attached hydrogens (primary N) is 3. The smallest absolute Gasteiger partial charge is 0.269 e. The van der Waals surface area contributed by atoms with E-state index in [1.807, 2.05) is 12.1 Å². The van der Waals surface area contributed by atoms with Gasteiger partial charge in [-0.15, -0.1) is 0 Å². The standard InChI is InChI=1S/C24H29N9O3/c1-14(33(27)22-21(26)30-36-31-22)20(25)24(35)28-12-15-4-3-5-17(10-15)23(34)29-19-7-6-16-8-9-32(2)13-18(16)11-19/h3-7,10-11H,8-9,12-13,25,27H2,1-2H3,(H2,26,30)(H,28,35)(H,29,34)/b20-14-. The number of nitrogens with one attached hydrogen (secondary N) is 2. The second-order valence-corrected chi connectivity index (χ2v) is 8.65. The zero-order valence-electron chi connectivity index (χ0n) is 20.1. The molecule has 0 unspecified atom stereocenters. The van der Waals surface area contributed by atoms with Gasteiger partial charge in [0.05, 0.1) is 5.70 Å². The Kier molecular flexibility index (Phi) is 7.17. The topological polar surface area (TPSA) is 182 Å². The van der Waals surface area contributed by atoms with Crippen LogP contribution in [0.4, 0.5) is 17.3 Å². The molecule has 36 heavy (non-hydrogen) atoms. The number of likely N-dealkylation sites (N-methyl/N-ethyl adjacent to an activating group) is 1. The van der Waals surface area contributed by atoms with E-state index in [9.17, 15) is 9.59 Å². The van der Waals surface area contributed by atoms with Crippen LogP contribution < -0.4 is 33.0 Å². The van der Waals surface area contributed by atoms with Gasteiger partial charge in [0.1, 0.15) is 5.70 Å². The highest BCUT2D eigenvalue weighted by Gasteiger charge is 2.19. The molecule has 0 radical (unpaired) electrons. The van der Waals surface area contributed by atoms with Gasteiger partial charge in [0.25, 0.3) is 11.8 Å². The Bertz CT molecular complexity index is 1320. The van der Waals surface area contributed by atoms with Crippen molar-refractivity contribution in [3.05, 3.63) is 76.1 Å². The summed E-state index contributed by atoms with van der Waals surface area (Å²) < 4.78 is 4.51. The summed E-state index contributed by atoms with van der Waals surface area (Å²) in [5.74, 6) is 5.13. The van der Waals surface area contributed by atoms with Crippen molar-refractivity contribution in [2.75, 3.05) is 29.7 Å². The molecule has 12 heteroatoms. The third kappa shape index (κ3) is 5.45. The fourth-order valence-corrected chi connectivity index (χ4v) is 3.89. The number of carbonyl (C=O) groups excluding carboxylic acids is 2. The molecule has 1 aromatic heterocycles. The summed E-state index contributed by atoms with van der Waals surface area (Å²) in [4.78, 5) is 27.7. The number of nitrogen functional groups attached to an aromatic ring is 1. The quantitative estimate of drug-likeness (QED) is 0.182. The van der Waals surface area contributed by atoms with E-state index in [0.29, 0.717) is 5.56 Å². The van der Waals surface area contributed by atoms with E-state index in [1.165, 1.54) is 18.1 Å². The number of benzene rings is 2. The lowest BCUT2D eigenvalue weighted by Gasteiger charge is -2.25. The van der Waals surface area contributed by atoms with Gasteiger partial charge in [0, 0.05) is 30.9 Å². The molecule has 188 valence electrons. The number of hydrazine groups is 1. The second-order valence-electron chi connectivity index (χ2n) is 8.65. The fourth-order valence-electron chi connectivity index (χ4n) is 3.89. The Balaban J connectivity index is 1.39. The minimum Gasteiger partial charge on any atom is -0.393 e. The SMILES string of the molecule is C/C(=C(/N)C(=O)NCc1cccc(C(=O)Nc2ccc3c(c2)CN(C)CC3)c1)N(N)c1nonc1N. The van der Waals surface area contributed by atoms with Crippen molar-refractivity contribution < 1.29 is 14.2 Å². The lowest BCUT2D eigenvalue weighted by atomic mass is 9.99. The predicted octanol–water partition coefficient (Wildman–Crippen LogP) is 1.08. The van der Waals surface area contributed by atoms with Crippen LogP contribution >= 0.6 is 0 Å². The number of nitrogens with zero attached hydrogens (tertiary/aromatic N) is 4. The number of hydrogen-bond acceptors (Lipinski definition) is 10. The maximum absolute atomic E-state index is 12.9. The molecular weight excluding hydrogens is 462 g/mol. The van der Waals surface area contributed by atoms with Gasteiger partial charge in [-0.1, -0.05) is 18.2 Å². The second kappa shape index (κ2) is 10.5. The first-order valence-electron chi connectivity index (χ1n) is 11.3. The summed E-state index contributed by atoms with van der Waals surface area (Å²) in [7, 11) is 2.08. The van der Waals surface area contributed by atoms with Crippen molar-refractivity contribution in [1.82, 2.24) is 20.5 Å². The number of allylic oxidation sites excluding steroid dienone is 1. The molecular formula is C24H29N9O3. The fraction of sp³-hybridized carbons (Fsp3) is 0.250. The van der Waals surface area contributed by atoms with Crippen molar-refractivity contribution in [3.63, 3.8) is 0 Å². The third-order valence-corrected chi connectivity index (χ3v) is 6.03. The molecule has 2 heterocycles. The number of amides is 2. The van der Waals surface area contributed by atoms with Crippen LogP contribution in [-0.4, -0.2) is 40.6 Å². The molecule has 0 spiro atoms. The molecule has 0 bridgehead atoms. The maximum Gasteiger partial charge on any atom is 0.269 e. The number of fused-ring (bicyclic) bond motifs is 1. The molecule has 8 N–H and O–H groups in total. The molecule has 4 rings (SSSR count). The maximum atomic E-state index is 12.9. The van der Waals surface area contributed by atoms with Crippen LogP contribution in [0, 0.1) is 0 Å². The average Bonchev–Trinajstić information content (AvgIpc) is 3.31. The molecule has 0 saturated carbocycles. The zero-order chi connectivity index (χ0) is 25.8. The van der Waals surface area contributed by atoms with Crippen LogP contribution in [0.5, 0.6) is 0 Å². The minimum absolute atomic E-state index is 0.0351. The van der Waals surface area contributed by atoms with E-state index in [1.54, 1.807) is 24.3 Å². The molecule has 12 nitrogen and oxygen atoms in total. The average molecular weight is 492 g/mol. The molecule has 3 aromatic rings. The Morgan fingerprint density at radius 2 is 1.97 bits per heavy atom. The van der Waals surface area contributed by atoms with E-state index in [4.69, 9.17) is 17.3 Å². The molecule has 2 amide bonds. The van der Waals surface area contributed by atoms with Gasteiger partial charge >= 0.3 is 0 Å². The van der Waals surface area contributed by atoms with Gasteiger partial charge in [-0.3, -0.25) is 14.6 Å². The van der Waals surface area contributed by atoms with Crippen molar-refractivity contribution in [2.45, 2.75) is 26.4 Å². The number of rotatable bonds is 7. The predicted molar refractivity (Wildman–Crippen MR) is 135 cm³/mol. The van der Waals surface area contributed by atoms with Crippen molar-refractivity contribution in [1.29, 1.82) is 0 Å². The summed E-state index contributed by atoms with van der Waals surface area (Å²) in [5, 5.41) is 13.7. The number of anilines is 3. The van der Waals surface area contributed by atoms with E-state index in [0.717, 1.165) is 35.8 Å². The Morgan fingerprint density at radius 1 is 1.17 bits per heavy atom.